The van der Waals surface area contributed by atoms with E-state index in [2.05, 4.69) is 47.5 Å². The first-order chi connectivity index (χ1) is 9.10. The largest absolute Gasteiger partial charge is 0.369 e. The van der Waals surface area contributed by atoms with Crippen LogP contribution >= 0.6 is 11.3 Å². The molecule has 0 unspecified atom stereocenters. The summed E-state index contributed by atoms with van der Waals surface area (Å²) in [5.41, 5.74) is 2.52. The quantitative estimate of drug-likeness (QED) is 0.430. The molecule has 2 heterocycles. The zero-order chi connectivity index (χ0) is 13.8. The van der Waals surface area contributed by atoms with E-state index >= 15 is 0 Å². The van der Waals surface area contributed by atoms with Gasteiger partial charge >= 0.3 is 0 Å². The molecule has 2 aromatic rings. The molecular weight excluding hydrogens is 258 g/mol. The first kappa shape index (κ1) is 14.0. The van der Waals surface area contributed by atoms with Crippen LogP contribution in [0.1, 0.15) is 31.6 Å². The van der Waals surface area contributed by atoms with Crippen molar-refractivity contribution < 1.29 is 0 Å². The molecule has 0 radical (unpaired) electrons. The predicted octanol–water partition coefficient (Wildman–Crippen LogP) is 3.13. The molecule has 0 saturated carbocycles. The van der Waals surface area contributed by atoms with Crippen molar-refractivity contribution in [3.63, 3.8) is 0 Å². The van der Waals surface area contributed by atoms with E-state index in [-0.39, 0.29) is 0 Å². The Morgan fingerprint density at radius 1 is 1.37 bits per heavy atom. The van der Waals surface area contributed by atoms with Gasteiger partial charge in [0.15, 0.2) is 0 Å². The highest BCUT2D eigenvalue weighted by atomic mass is 32.1. The number of aryl methyl sites for hydroxylation is 1. The summed E-state index contributed by atoms with van der Waals surface area (Å²) in [7, 11) is 0. The Kier molecular flexibility index (Phi) is 4.55. The van der Waals surface area contributed by atoms with E-state index in [1.807, 2.05) is 0 Å². The number of nitrogens with one attached hydrogen (secondary N) is 2. The van der Waals surface area contributed by atoms with Crippen LogP contribution in [0.5, 0.6) is 0 Å². The lowest BCUT2D eigenvalue weighted by atomic mass is 10.1. The molecule has 2 aromatic heterocycles. The van der Waals surface area contributed by atoms with E-state index in [4.69, 9.17) is 5.84 Å². The van der Waals surface area contributed by atoms with Gasteiger partial charge in [-0.15, -0.1) is 11.3 Å². The SMILES string of the molecule is Cc1cc2c(NCCCC(C)C)nc(NN)nc2s1. The third-order valence-electron chi connectivity index (χ3n) is 2.90. The third kappa shape index (κ3) is 3.54. The van der Waals surface area contributed by atoms with Crippen LogP contribution in [0.25, 0.3) is 10.2 Å². The van der Waals surface area contributed by atoms with Gasteiger partial charge in [-0.25, -0.2) is 10.8 Å². The highest BCUT2D eigenvalue weighted by molar-refractivity contribution is 7.18. The number of nitrogens with two attached hydrogens (primary N) is 1. The van der Waals surface area contributed by atoms with E-state index < -0.39 is 0 Å². The Balaban J connectivity index is 2.15. The van der Waals surface area contributed by atoms with E-state index in [0.29, 0.717) is 5.95 Å². The fourth-order valence-corrected chi connectivity index (χ4v) is 2.84. The Hall–Kier alpha value is -1.40. The van der Waals surface area contributed by atoms with Crippen molar-refractivity contribution >= 4 is 33.3 Å². The molecule has 19 heavy (non-hydrogen) atoms. The first-order valence-electron chi connectivity index (χ1n) is 6.59. The van der Waals surface area contributed by atoms with Gasteiger partial charge in [0, 0.05) is 11.4 Å². The summed E-state index contributed by atoms with van der Waals surface area (Å²) < 4.78 is 0. The maximum atomic E-state index is 5.41. The van der Waals surface area contributed by atoms with E-state index in [1.165, 1.54) is 11.3 Å². The summed E-state index contributed by atoms with van der Waals surface area (Å²) in [6, 6.07) is 2.12. The summed E-state index contributed by atoms with van der Waals surface area (Å²) in [4.78, 5) is 11.0. The zero-order valence-corrected chi connectivity index (χ0v) is 12.5. The molecule has 104 valence electrons. The number of nitrogen functional groups attached to an aromatic ring is 1. The Morgan fingerprint density at radius 3 is 2.84 bits per heavy atom. The van der Waals surface area contributed by atoms with Gasteiger partial charge in [-0.05, 0) is 31.7 Å². The van der Waals surface area contributed by atoms with Crippen molar-refractivity contribution in [2.24, 2.45) is 11.8 Å². The molecule has 0 atom stereocenters. The smallest absolute Gasteiger partial charge is 0.240 e. The minimum Gasteiger partial charge on any atom is -0.369 e. The number of fused-ring (bicyclic) bond motifs is 1. The van der Waals surface area contributed by atoms with Crippen molar-refractivity contribution in [1.29, 1.82) is 0 Å². The molecule has 0 aliphatic carbocycles. The van der Waals surface area contributed by atoms with Crippen molar-refractivity contribution in [3.8, 4) is 0 Å². The molecular formula is C13H21N5S. The predicted molar refractivity (Wildman–Crippen MR) is 82.5 cm³/mol. The Bertz CT molecular complexity index is 549. The molecule has 0 saturated heterocycles. The highest BCUT2D eigenvalue weighted by Gasteiger charge is 2.09. The summed E-state index contributed by atoms with van der Waals surface area (Å²) in [6.07, 6.45) is 2.35. The van der Waals surface area contributed by atoms with Crippen molar-refractivity contribution in [1.82, 2.24) is 9.97 Å². The van der Waals surface area contributed by atoms with Crippen LogP contribution in [0.15, 0.2) is 6.07 Å². The summed E-state index contributed by atoms with van der Waals surface area (Å²) in [5.74, 6) is 7.47. The number of aromatic nitrogens is 2. The Labute approximate surface area is 117 Å². The van der Waals surface area contributed by atoms with Gasteiger partial charge in [-0.2, -0.15) is 4.98 Å². The third-order valence-corrected chi connectivity index (χ3v) is 3.84. The maximum Gasteiger partial charge on any atom is 0.240 e. The zero-order valence-electron chi connectivity index (χ0n) is 11.7. The van der Waals surface area contributed by atoms with Gasteiger partial charge in [0.05, 0.1) is 5.39 Å². The minimum atomic E-state index is 0.459. The lowest BCUT2D eigenvalue weighted by molar-refractivity contribution is 0.567. The number of rotatable bonds is 6. The molecule has 6 heteroatoms. The van der Waals surface area contributed by atoms with Crippen LogP contribution in [-0.4, -0.2) is 16.5 Å². The molecule has 0 amide bonds. The summed E-state index contributed by atoms with van der Waals surface area (Å²) >= 11 is 1.65. The average molecular weight is 279 g/mol. The highest BCUT2D eigenvalue weighted by Crippen LogP contribution is 2.29. The first-order valence-corrected chi connectivity index (χ1v) is 7.40. The van der Waals surface area contributed by atoms with Crippen LogP contribution in [0.4, 0.5) is 11.8 Å². The topological polar surface area (TPSA) is 75.9 Å². The van der Waals surface area contributed by atoms with Gasteiger partial charge in [0.25, 0.3) is 0 Å². The van der Waals surface area contributed by atoms with Crippen LogP contribution < -0.4 is 16.6 Å². The molecule has 0 aliphatic heterocycles. The van der Waals surface area contributed by atoms with Gasteiger partial charge in [0.1, 0.15) is 10.6 Å². The van der Waals surface area contributed by atoms with E-state index in [9.17, 15) is 0 Å². The van der Waals surface area contributed by atoms with E-state index in [0.717, 1.165) is 34.9 Å². The normalized spacial score (nSPS) is 11.2. The maximum absolute atomic E-state index is 5.41. The van der Waals surface area contributed by atoms with Gasteiger partial charge < -0.3 is 5.32 Å². The number of hydrogen-bond donors (Lipinski definition) is 3. The molecule has 5 nitrogen and oxygen atoms in total. The van der Waals surface area contributed by atoms with Crippen LogP contribution in [0, 0.1) is 12.8 Å². The molecule has 0 fully saturated rings. The van der Waals surface area contributed by atoms with Gasteiger partial charge in [0.2, 0.25) is 5.95 Å². The second-order valence-corrected chi connectivity index (χ2v) is 6.31. The molecule has 0 bridgehead atoms. The minimum absolute atomic E-state index is 0.459. The van der Waals surface area contributed by atoms with Crippen molar-refractivity contribution in [2.45, 2.75) is 33.6 Å². The second kappa shape index (κ2) is 6.16. The second-order valence-electron chi connectivity index (χ2n) is 5.08. The number of hydrazine groups is 1. The monoisotopic (exact) mass is 279 g/mol. The molecule has 2 rings (SSSR count). The number of thiophene rings is 1. The molecule has 0 spiro atoms. The molecule has 0 aromatic carbocycles. The number of anilines is 2. The van der Waals surface area contributed by atoms with Crippen LogP contribution in [0.2, 0.25) is 0 Å². The van der Waals surface area contributed by atoms with Crippen LogP contribution in [-0.2, 0) is 0 Å². The standard InChI is InChI=1S/C13H21N5S/c1-8(2)5-4-6-15-11-10-7-9(3)19-12(10)17-13(16-11)18-14/h7-8H,4-6,14H2,1-3H3,(H2,15,16,17,18). The van der Waals surface area contributed by atoms with E-state index in [1.54, 1.807) is 11.3 Å². The van der Waals surface area contributed by atoms with Gasteiger partial charge in [-0.1, -0.05) is 13.8 Å². The fraction of sp³-hybridized carbons (Fsp3) is 0.538. The lowest BCUT2D eigenvalue weighted by Gasteiger charge is -2.09. The number of hydrogen-bond acceptors (Lipinski definition) is 6. The van der Waals surface area contributed by atoms with Crippen LogP contribution in [0.3, 0.4) is 0 Å². The fourth-order valence-electron chi connectivity index (χ4n) is 1.96. The lowest BCUT2D eigenvalue weighted by Crippen LogP contribution is -2.12. The summed E-state index contributed by atoms with van der Waals surface area (Å²) in [6.45, 7) is 7.47. The Morgan fingerprint density at radius 2 is 2.16 bits per heavy atom. The molecule has 4 N–H and O–H groups in total. The van der Waals surface area contributed by atoms with Crippen molar-refractivity contribution in [3.05, 3.63) is 10.9 Å². The average Bonchev–Trinajstić information content (AvgIpc) is 2.74. The summed E-state index contributed by atoms with van der Waals surface area (Å²) in [5, 5.41) is 4.47. The molecule has 0 aliphatic rings. The number of nitrogens with zero attached hydrogens (tertiary/aromatic N) is 2. The van der Waals surface area contributed by atoms with Crippen molar-refractivity contribution in [2.75, 3.05) is 17.3 Å². The van der Waals surface area contributed by atoms with Gasteiger partial charge in [-0.3, -0.25) is 5.43 Å².